The molecule has 0 atom stereocenters. The quantitative estimate of drug-likeness (QED) is 0.472. The summed E-state index contributed by atoms with van der Waals surface area (Å²) < 4.78 is 50.7. The van der Waals surface area contributed by atoms with Gasteiger partial charge in [0.15, 0.2) is 0 Å². The highest BCUT2D eigenvalue weighted by Crippen LogP contribution is 2.30. The summed E-state index contributed by atoms with van der Waals surface area (Å²) >= 11 is 0. The Labute approximate surface area is 105 Å². The molecule has 0 aliphatic heterocycles. The second-order valence-electron chi connectivity index (χ2n) is 3.03. The average Bonchev–Trinajstić information content (AvgIpc) is 2.24. The van der Waals surface area contributed by atoms with Crippen molar-refractivity contribution in [2.75, 3.05) is 6.61 Å². The van der Waals surface area contributed by atoms with Crippen LogP contribution in [0.1, 0.15) is 0 Å². The summed E-state index contributed by atoms with van der Waals surface area (Å²) in [6.07, 6.45) is -2.81. The van der Waals surface area contributed by atoms with Crippen LogP contribution in [0.15, 0.2) is 23.1 Å². The second-order valence-corrected chi connectivity index (χ2v) is 5.56. The van der Waals surface area contributed by atoms with E-state index in [1.165, 1.54) is 0 Å². The summed E-state index contributed by atoms with van der Waals surface area (Å²) in [5, 5.41) is 10.5. The summed E-state index contributed by atoms with van der Waals surface area (Å²) in [6.45, 7) is -1.04. The van der Waals surface area contributed by atoms with Gasteiger partial charge in [-0.3, -0.25) is 10.1 Å². The number of halogens is 3. The van der Waals surface area contributed by atoms with Gasteiger partial charge in [-0.2, -0.15) is 0 Å². The molecule has 0 saturated carbocycles. The van der Waals surface area contributed by atoms with Crippen molar-refractivity contribution in [1.29, 1.82) is 0 Å². The first-order valence-electron chi connectivity index (χ1n) is 4.36. The van der Waals surface area contributed by atoms with E-state index in [0.717, 1.165) is 12.1 Å². The maximum absolute atomic E-state index is 11.9. The molecule has 0 aliphatic carbocycles. The average molecular weight is 302 g/mol. The van der Waals surface area contributed by atoms with Crippen LogP contribution in [0.3, 0.4) is 0 Å². The highest BCUT2D eigenvalue weighted by atomic mass is 35.7. The van der Waals surface area contributed by atoms with Crippen molar-refractivity contribution in [1.82, 2.24) is 0 Å². The van der Waals surface area contributed by atoms with E-state index in [0.29, 0.717) is 6.07 Å². The normalized spacial score (nSPS) is 11.6. The molecule has 6 nitrogen and oxygen atoms in total. The van der Waals surface area contributed by atoms with Crippen LogP contribution in [-0.4, -0.2) is 26.4 Å². The van der Waals surface area contributed by atoms with Gasteiger partial charge in [-0.15, -0.1) is 0 Å². The fourth-order valence-electron chi connectivity index (χ4n) is 1.07. The molecule has 1 aromatic rings. The number of ether oxygens (including phenoxy) is 1. The molecule has 0 aliphatic rings. The van der Waals surface area contributed by atoms with Gasteiger partial charge in [0.05, 0.1) is 4.92 Å². The van der Waals surface area contributed by atoms with Gasteiger partial charge in [0.2, 0.25) is 0 Å². The third kappa shape index (κ3) is 3.77. The number of nitro groups is 1. The molecule has 1 rings (SSSR count). The molecular weight excluding hydrogens is 296 g/mol. The molecule has 18 heavy (non-hydrogen) atoms. The smallest absolute Gasteiger partial charge is 0.272 e. The summed E-state index contributed by atoms with van der Waals surface area (Å²) in [5.41, 5.74) is -0.543. The Kier molecular flexibility index (Phi) is 4.41. The van der Waals surface area contributed by atoms with Gasteiger partial charge in [-0.1, -0.05) is 0 Å². The Morgan fingerprint density at radius 2 is 2.06 bits per heavy atom. The van der Waals surface area contributed by atoms with E-state index in [4.69, 9.17) is 10.7 Å². The van der Waals surface area contributed by atoms with E-state index in [1.54, 1.807) is 0 Å². The summed E-state index contributed by atoms with van der Waals surface area (Å²) in [4.78, 5) is 8.90. The Morgan fingerprint density at radius 1 is 1.44 bits per heavy atom. The molecule has 10 heteroatoms. The van der Waals surface area contributed by atoms with E-state index in [1.807, 2.05) is 0 Å². The first-order chi connectivity index (χ1) is 8.21. The lowest BCUT2D eigenvalue weighted by atomic mass is 10.3. The van der Waals surface area contributed by atoms with Crippen LogP contribution in [0.25, 0.3) is 0 Å². The first kappa shape index (κ1) is 14.6. The number of benzene rings is 1. The van der Waals surface area contributed by atoms with Crippen molar-refractivity contribution >= 4 is 25.4 Å². The number of hydrogen-bond donors (Lipinski definition) is 0. The summed E-state index contributed by atoms with van der Waals surface area (Å²) in [6, 6.07) is 2.46. The molecule has 0 spiro atoms. The van der Waals surface area contributed by atoms with Crippen LogP contribution in [0.5, 0.6) is 5.75 Å². The molecule has 0 heterocycles. The van der Waals surface area contributed by atoms with Gasteiger partial charge < -0.3 is 4.74 Å². The molecule has 0 fully saturated rings. The molecule has 0 saturated heterocycles. The van der Waals surface area contributed by atoms with Crippen molar-refractivity contribution in [3.63, 3.8) is 0 Å². The Hall–Kier alpha value is -1.48. The fraction of sp³-hybridized carbons (Fsp3) is 0.250. The predicted octanol–water partition coefficient (Wildman–Crippen LogP) is 2.17. The van der Waals surface area contributed by atoms with Crippen LogP contribution >= 0.6 is 10.7 Å². The Morgan fingerprint density at radius 3 is 2.50 bits per heavy atom. The van der Waals surface area contributed by atoms with Gasteiger partial charge >= 0.3 is 0 Å². The SMILES string of the molecule is O=[N+]([O-])c1ccc(OCC(F)F)c(S(=O)(=O)Cl)c1. The van der Waals surface area contributed by atoms with E-state index in [-0.39, 0.29) is 0 Å². The van der Waals surface area contributed by atoms with Crippen molar-refractivity contribution in [3.05, 3.63) is 28.3 Å². The number of nitro benzene ring substituents is 1. The third-order valence-electron chi connectivity index (χ3n) is 1.77. The molecule has 0 bridgehead atoms. The van der Waals surface area contributed by atoms with Crippen LogP contribution in [0.2, 0.25) is 0 Å². The number of rotatable bonds is 5. The Bertz CT molecular complexity index is 563. The zero-order valence-electron chi connectivity index (χ0n) is 8.55. The minimum absolute atomic E-state index is 0.462. The lowest BCUT2D eigenvalue weighted by molar-refractivity contribution is -0.385. The van der Waals surface area contributed by atoms with Gasteiger partial charge in [0, 0.05) is 22.8 Å². The molecule has 0 N–H and O–H groups in total. The minimum Gasteiger partial charge on any atom is -0.486 e. The minimum atomic E-state index is -4.34. The van der Waals surface area contributed by atoms with Gasteiger partial charge in [0.1, 0.15) is 17.3 Å². The lowest BCUT2D eigenvalue weighted by Gasteiger charge is -2.08. The number of nitrogens with zero attached hydrogens (tertiary/aromatic N) is 1. The molecule has 0 radical (unpaired) electrons. The highest BCUT2D eigenvalue weighted by Gasteiger charge is 2.22. The topological polar surface area (TPSA) is 86.5 Å². The second kappa shape index (κ2) is 5.44. The molecule has 0 unspecified atom stereocenters. The standard InChI is InChI=1S/C8H6ClF2NO5S/c9-18(15,16)7-3-5(12(13)14)1-2-6(7)17-4-8(10)11/h1-3,8H,4H2. The van der Waals surface area contributed by atoms with Gasteiger partial charge in [-0.25, -0.2) is 17.2 Å². The third-order valence-corrected chi connectivity index (χ3v) is 3.11. The monoisotopic (exact) mass is 301 g/mol. The van der Waals surface area contributed by atoms with Crippen LogP contribution in [-0.2, 0) is 9.05 Å². The summed E-state index contributed by atoms with van der Waals surface area (Å²) in [7, 11) is 0.698. The van der Waals surface area contributed by atoms with Gasteiger partial charge in [-0.05, 0) is 6.07 Å². The van der Waals surface area contributed by atoms with Crippen LogP contribution in [0.4, 0.5) is 14.5 Å². The predicted molar refractivity (Wildman–Crippen MR) is 57.6 cm³/mol. The lowest BCUT2D eigenvalue weighted by Crippen LogP contribution is -2.09. The van der Waals surface area contributed by atoms with E-state index >= 15 is 0 Å². The summed E-state index contributed by atoms with van der Waals surface area (Å²) in [5.74, 6) is -0.462. The maximum Gasteiger partial charge on any atom is 0.272 e. The van der Waals surface area contributed by atoms with E-state index in [2.05, 4.69) is 4.74 Å². The number of non-ortho nitro benzene ring substituents is 1. The molecular formula is C8H6ClF2NO5S. The number of alkyl halides is 2. The van der Waals surface area contributed by atoms with Crippen molar-refractivity contribution in [3.8, 4) is 5.75 Å². The van der Waals surface area contributed by atoms with E-state index in [9.17, 15) is 27.3 Å². The highest BCUT2D eigenvalue weighted by molar-refractivity contribution is 8.13. The zero-order chi connectivity index (χ0) is 13.9. The Balaban J connectivity index is 3.22. The molecule has 0 amide bonds. The zero-order valence-corrected chi connectivity index (χ0v) is 10.1. The van der Waals surface area contributed by atoms with Gasteiger partial charge in [0.25, 0.3) is 21.2 Å². The van der Waals surface area contributed by atoms with Crippen molar-refractivity contribution in [2.24, 2.45) is 0 Å². The van der Waals surface area contributed by atoms with E-state index < -0.39 is 43.3 Å². The fourth-order valence-corrected chi connectivity index (χ4v) is 2.06. The van der Waals surface area contributed by atoms with Crippen LogP contribution < -0.4 is 4.74 Å². The number of hydrogen-bond acceptors (Lipinski definition) is 5. The molecule has 100 valence electrons. The largest absolute Gasteiger partial charge is 0.486 e. The van der Waals surface area contributed by atoms with Crippen molar-refractivity contribution in [2.45, 2.75) is 11.3 Å². The molecule has 1 aromatic carbocycles. The molecule has 0 aromatic heterocycles. The van der Waals surface area contributed by atoms with Crippen LogP contribution in [0, 0.1) is 10.1 Å². The first-order valence-corrected chi connectivity index (χ1v) is 6.67. The van der Waals surface area contributed by atoms with Crippen molar-refractivity contribution < 1.29 is 26.9 Å². The maximum atomic E-state index is 11.9.